The van der Waals surface area contributed by atoms with Gasteiger partial charge >= 0.3 is 5.97 Å². The number of esters is 1. The molecule has 0 amide bonds. The van der Waals surface area contributed by atoms with Crippen molar-refractivity contribution in [2.24, 2.45) is 0 Å². The fourth-order valence-corrected chi connectivity index (χ4v) is 3.15. The van der Waals surface area contributed by atoms with Crippen LogP contribution in [0.15, 0.2) is 12.1 Å². The summed E-state index contributed by atoms with van der Waals surface area (Å²) in [5.41, 5.74) is -0.133. The highest BCUT2D eigenvalue weighted by molar-refractivity contribution is 6.76. The second kappa shape index (κ2) is 8.91. The molecule has 0 heterocycles. The van der Waals surface area contributed by atoms with E-state index in [9.17, 15) is 25.2 Å². The number of benzene rings is 1. The van der Waals surface area contributed by atoms with E-state index in [-0.39, 0.29) is 18.8 Å². The molecule has 4 N–H and O–H groups in total. The number of ether oxygens (including phenoxy) is 2. The van der Waals surface area contributed by atoms with Gasteiger partial charge in [-0.2, -0.15) is 0 Å². The number of aliphatic hydroxyl groups excluding tert-OH is 1. The van der Waals surface area contributed by atoms with E-state index in [0.717, 1.165) is 24.6 Å². The third-order valence-electron chi connectivity index (χ3n) is 3.24. The first-order valence-electron chi connectivity index (χ1n) is 7.78. The molecule has 1 unspecified atom stereocenters. The second-order valence-corrected chi connectivity index (χ2v) is 12.5. The normalized spacial score (nSPS) is 12.8. The van der Waals surface area contributed by atoms with Crippen LogP contribution >= 0.6 is 0 Å². The van der Waals surface area contributed by atoms with Crippen LogP contribution in [0.25, 0.3) is 0 Å². The lowest BCUT2D eigenvalue weighted by molar-refractivity contribution is -0.0107. The number of hydrogen-bond acceptors (Lipinski definition) is 7. The number of phenols is 3. The van der Waals surface area contributed by atoms with E-state index in [2.05, 4.69) is 19.6 Å². The summed E-state index contributed by atoms with van der Waals surface area (Å²) in [7, 11) is -1.09. The van der Waals surface area contributed by atoms with Crippen LogP contribution in [0.3, 0.4) is 0 Å². The smallest absolute Gasteiger partial charge is 0.338 e. The molecule has 1 aromatic rings. The Hall–Kier alpha value is -1.77. The minimum absolute atomic E-state index is 0.0606. The molecular weight excluding hydrogens is 332 g/mol. The highest BCUT2D eigenvalue weighted by Crippen LogP contribution is 2.35. The van der Waals surface area contributed by atoms with Gasteiger partial charge in [-0.15, -0.1) is 0 Å². The van der Waals surface area contributed by atoms with E-state index in [1.54, 1.807) is 0 Å². The lowest BCUT2D eigenvalue weighted by Gasteiger charge is -2.16. The standard InChI is InChI=1S/C16H26O7Si/c1-24(2,3)6-4-5-22-9-12(17)10-23-16(21)11-7-13(18)15(20)14(19)8-11/h7-8,12,17-20H,4-6,9-10H2,1-3H3. The SMILES string of the molecule is C[Si](C)(C)CCCOCC(O)COC(=O)c1cc(O)c(O)c(O)c1. The molecular formula is C16H26O7Si. The Kier molecular flexibility index (Phi) is 7.52. The predicted octanol–water partition coefficient (Wildman–Crippen LogP) is 2.07. The van der Waals surface area contributed by atoms with Gasteiger partial charge in [0.25, 0.3) is 0 Å². The number of aliphatic hydroxyl groups is 1. The summed E-state index contributed by atoms with van der Waals surface area (Å²) in [6, 6.07) is 3.08. The van der Waals surface area contributed by atoms with Crippen molar-refractivity contribution in [1.82, 2.24) is 0 Å². The third kappa shape index (κ3) is 7.20. The van der Waals surface area contributed by atoms with Gasteiger partial charge in [0, 0.05) is 14.7 Å². The van der Waals surface area contributed by atoms with E-state index >= 15 is 0 Å². The van der Waals surface area contributed by atoms with Crippen molar-refractivity contribution in [2.45, 2.75) is 38.2 Å². The average molecular weight is 358 g/mol. The quantitative estimate of drug-likeness (QED) is 0.231. The van der Waals surface area contributed by atoms with Gasteiger partial charge in [0.2, 0.25) is 0 Å². The summed E-state index contributed by atoms with van der Waals surface area (Å²) in [6.45, 7) is 7.18. The van der Waals surface area contributed by atoms with Crippen LogP contribution in [0, 0.1) is 0 Å². The Balaban J connectivity index is 2.31. The van der Waals surface area contributed by atoms with E-state index < -0.39 is 37.4 Å². The summed E-state index contributed by atoms with van der Waals surface area (Å²) >= 11 is 0. The van der Waals surface area contributed by atoms with Crippen LogP contribution in [0.2, 0.25) is 25.7 Å². The van der Waals surface area contributed by atoms with Gasteiger partial charge in [-0.25, -0.2) is 4.79 Å². The van der Waals surface area contributed by atoms with Crippen molar-refractivity contribution in [2.75, 3.05) is 19.8 Å². The molecule has 0 aliphatic heterocycles. The van der Waals surface area contributed by atoms with Crippen molar-refractivity contribution >= 4 is 14.0 Å². The summed E-state index contributed by atoms with van der Waals surface area (Å²) in [5, 5.41) is 37.6. The Morgan fingerprint density at radius 2 is 1.71 bits per heavy atom. The average Bonchev–Trinajstić information content (AvgIpc) is 2.48. The van der Waals surface area contributed by atoms with Gasteiger partial charge in [-0.1, -0.05) is 25.7 Å². The first-order valence-corrected chi connectivity index (χ1v) is 11.5. The van der Waals surface area contributed by atoms with Crippen molar-refractivity contribution in [3.05, 3.63) is 17.7 Å². The molecule has 1 atom stereocenters. The summed E-state index contributed by atoms with van der Waals surface area (Å²) in [4.78, 5) is 11.8. The molecule has 1 rings (SSSR count). The molecule has 0 aliphatic carbocycles. The number of carbonyl (C=O) groups is 1. The molecule has 7 nitrogen and oxygen atoms in total. The third-order valence-corrected chi connectivity index (χ3v) is 5.09. The first-order chi connectivity index (χ1) is 11.1. The van der Waals surface area contributed by atoms with E-state index in [1.807, 2.05) is 0 Å². The van der Waals surface area contributed by atoms with Gasteiger partial charge in [-0.3, -0.25) is 0 Å². The van der Waals surface area contributed by atoms with Crippen molar-refractivity contribution in [3.63, 3.8) is 0 Å². The maximum Gasteiger partial charge on any atom is 0.338 e. The molecule has 0 saturated heterocycles. The van der Waals surface area contributed by atoms with Crippen LogP contribution in [0.1, 0.15) is 16.8 Å². The fraction of sp³-hybridized carbons (Fsp3) is 0.562. The Morgan fingerprint density at radius 1 is 1.12 bits per heavy atom. The number of phenolic OH excluding ortho intramolecular Hbond substituents is 3. The molecule has 0 saturated carbocycles. The van der Waals surface area contributed by atoms with E-state index in [1.165, 1.54) is 0 Å². The Morgan fingerprint density at radius 3 is 2.25 bits per heavy atom. The van der Waals surface area contributed by atoms with Gasteiger partial charge < -0.3 is 29.9 Å². The lowest BCUT2D eigenvalue weighted by atomic mass is 10.2. The van der Waals surface area contributed by atoms with Gasteiger partial charge in [-0.05, 0) is 18.6 Å². The molecule has 0 bridgehead atoms. The highest BCUT2D eigenvalue weighted by atomic mass is 28.3. The largest absolute Gasteiger partial charge is 0.504 e. The molecule has 0 spiro atoms. The van der Waals surface area contributed by atoms with Crippen LogP contribution in [0.4, 0.5) is 0 Å². The Labute approximate surface area is 142 Å². The first kappa shape index (κ1) is 20.3. The number of aromatic hydroxyl groups is 3. The van der Waals surface area contributed by atoms with E-state index in [0.29, 0.717) is 6.61 Å². The number of carbonyl (C=O) groups excluding carboxylic acids is 1. The summed E-state index contributed by atoms with van der Waals surface area (Å²) in [6.07, 6.45) is -0.0194. The zero-order chi connectivity index (χ0) is 18.3. The highest BCUT2D eigenvalue weighted by Gasteiger charge is 2.16. The van der Waals surface area contributed by atoms with Crippen LogP contribution < -0.4 is 0 Å². The minimum atomic E-state index is -1.09. The predicted molar refractivity (Wildman–Crippen MR) is 91.3 cm³/mol. The van der Waals surface area contributed by atoms with Crippen molar-refractivity contribution in [3.8, 4) is 17.2 Å². The number of rotatable bonds is 9. The molecule has 0 aliphatic rings. The van der Waals surface area contributed by atoms with Gasteiger partial charge in [0.05, 0.1) is 12.2 Å². The Bertz CT molecular complexity index is 531. The van der Waals surface area contributed by atoms with Gasteiger partial charge in [0.15, 0.2) is 17.2 Å². The lowest BCUT2D eigenvalue weighted by Crippen LogP contribution is -2.25. The van der Waals surface area contributed by atoms with Crippen LogP contribution in [-0.4, -0.2) is 60.4 Å². The topological polar surface area (TPSA) is 116 Å². The molecule has 0 radical (unpaired) electrons. The summed E-state index contributed by atoms with van der Waals surface area (Å²) < 4.78 is 10.2. The molecule has 24 heavy (non-hydrogen) atoms. The zero-order valence-corrected chi connectivity index (χ0v) is 15.3. The minimum Gasteiger partial charge on any atom is -0.504 e. The second-order valence-electron chi connectivity index (χ2n) is 6.85. The van der Waals surface area contributed by atoms with Gasteiger partial charge in [0.1, 0.15) is 12.7 Å². The molecule has 0 aromatic heterocycles. The van der Waals surface area contributed by atoms with Crippen LogP contribution in [-0.2, 0) is 9.47 Å². The molecule has 136 valence electrons. The van der Waals surface area contributed by atoms with Crippen LogP contribution in [0.5, 0.6) is 17.2 Å². The monoisotopic (exact) mass is 358 g/mol. The van der Waals surface area contributed by atoms with Crippen molar-refractivity contribution in [1.29, 1.82) is 0 Å². The maximum absolute atomic E-state index is 11.8. The maximum atomic E-state index is 11.8. The van der Waals surface area contributed by atoms with E-state index in [4.69, 9.17) is 9.47 Å². The molecule has 0 fully saturated rings. The fourth-order valence-electron chi connectivity index (χ4n) is 1.95. The zero-order valence-electron chi connectivity index (χ0n) is 14.3. The molecule has 8 heteroatoms. The number of hydrogen-bond donors (Lipinski definition) is 4. The molecule has 1 aromatic carbocycles. The summed E-state index contributed by atoms with van der Waals surface area (Å²) in [5.74, 6) is -2.81. The van der Waals surface area contributed by atoms with Crippen molar-refractivity contribution < 1.29 is 34.7 Å².